The second kappa shape index (κ2) is 4.25. The number of rotatable bonds is 3. The van der Waals surface area contributed by atoms with Gasteiger partial charge in [-0.2, -0.15) is 0 Å². The van der Waals surface area contributed by atoms with Crippen LogP contribution in [0.4, 0.5) is 5.69 Å². The van der Waals surface area contributed by atoms with Crippen molar-refractivity contribution in [2.45, 2.75) is 44.6 Å². The third kappa shape index (κ3) is 2.02. The molecule has 0 bridgehead atoms. The summed E-state index contributed by atoms with van der Waals surface area (Å²) in [5.74, 6) is 0. The summed E-state index contributed by atoms with van der Waals surface area (Å²) >= 11 is 0. The fourth-order valence-electron chi connectivity index (χ4n) is 3.07. The molecule has 1 aromatic carbocycles. The highest BCUT2D eigenvalue weighted by Gasteiger charge is 2.29. The zero-order valence-electron chi connectivity index (χ0n) is 10.7. The monoisotopic (exact) mass is 244 g/mol. The van der Waals surface area contributed by atoms with Gasteiger partial charge in [-0.05, 0) is 42.5 Å². The predicted octanol–water partition coefficient (Wildman–Crippen LogP) is 2.05. The van der Waals surface area contributed by atoms with E-state index in [1.165, 1.54) is 42.6 Å². The van der Waals surface area contributed by atoms with Gasteiger partial charge in [-0.1, -0.05) is 6.07 Å². The van der Waals surface area contributed by atoms with Crippen LogP contribution in [0.1, 0.15) is 30.4 Å². The molecule has 1 unspecified atom stereocenters. The van der Waals surface area contributed by atoms with Crippen LogP contribution < -0.4 is 10.2 Å². The van der Waals surface area contributed by atoms with Crippen LogP contribution in [0, 0.1) is 0 Å². The van der Waals surface area contributed by atoms with Gasteiger partial charge in [-0.15, -0.1) is 0 Å². The molecule has 3 heteroatoms. The van der Waals surface area contributed by atoms with Crippen molar-refractivity contribution in [2.75, 3.05) is 18.0 Å². The molecule has 0 amide bonds. The molecule has 1 aromatic rings. The van der Waals surface area contributed by atoms with Crippen molar-refractivity contribution in [3.05, 3.63) is 29.3 Å². The van der Waals surface area contributed by atoms with Gasteiger partial charge in [0.1, 0.15) is 0 Å². The first kappa shape index (κ1) is 10.8. The lowest BCUT2D eigenvalue weighted by atomic mass is 10.1. The number of fused-ring (bicyclic) bond motifs is 1. The third-order valence-corrected chi connectivity index (χ3v) is 4.31. The Balaban J connectivity index is 1.46. The Morgan fingerprint density at radius 1 is 1.06 bits per heavy atom. The zero-order valence-corrected chi connectivity index (χ0v) is 10.7. The number of anilines is 1. The van der Waals surface area contributed by atoms with Gasteiger partial charge in [0.15, 0.2) is 0 Å². The van der Waals surface area contributed by atoms with Gasteiger partial charge in [0, 0.05) is 30.9 Å². The number of benzene rings is 1. The van der Waals surface area contributed by atoms with E-state index in [9.17, 15) is 0 Å². The molecule has 2 heterocycles. The molecule has 0 spiro atoms. The van der Waals surface area contributed by atoms with Gasteiger partial charge in [0.2, 0.25) is 0 Å². The van der Waals surface area contributed by atoms with Crippen LogP contribution in [-0.2, 0) is 18.0 Å². The van der Waals surface area contributed by atoms with Crippen LogP contribution >= 0.6 is 0 Å². The summed E-state index contributed by atoms with van der Waals surface area (Å²) in [5, 5.41) is 3.74. The molecule has 1 N–H and O–H groups in total. The maximum Gasteiger partial charge on any atom is 0.0725 e. The topological polar surface area (TPSA) is 24.5 Å². The van der Waals surface area contributed by atoms with Gasteiger partial charge in [0.05, 0.1) is 13.2 Å². The minimum Gasteiger partial charge on any atom is -0.372 e. The number of hydrogen-bond acceptors (Lipinski definition) is 3. The third-order valence-electron chi connectivity index (χ3n) is 4.31. The Bertz CT molecular complexity index is 456. The Kier molecular flexibility index (Phi) is 2.55. The highest BCUT2D eigenvalue weighted by Crippen LogP contribution is 2.28. The van der Waals surface area contributed by atoms with E-state index in [0.717, 1.165) is 25.8 Å². The van der Waals surface area contributed by atoms with Gasteiger partial charge >= 0.3 is 0 Å². The first-order chi connectivity index (χ1) is 8.88. The van der Waals surface area contributed by atoms with Crippen LogP contribution in [0.15, 0.2) is 18.2 Å². The molecule has 2 fully saturated rings. The summed E-state index contributed by atoms with van der Waals surface area (Å²) in [6, 6.07) is 8.33. The maximum atomic E-state index is 5.48. The minimum absolute atomic E-state index is 0.696. The molecule has 1 aliphatic carbocycles. The molecule has 1 saturated carbocycles. The van der Waals surface area contributed by atoms with Crippen molar-refractivity contribution in [1.82, 2.24) is 5.32 Å². The molecule has 1 atom stereocenters. The van der Waals surface area contributed by atoms with Crippen LogP contribution in [0.5, 0.6) is 0 Å². The molecule has 4 rings (SSSR count). The quantitative estimate of drug-likeness (QED) is 0.880. The lowest BCUT2D eigenvalue weighted by Crippen LogP contribution is -2.33. The molecule has 2 aliphatic heterocycles. The Morgan fingerprint density at radius 3 is 2.83 bits per heavy atom. The maximum absolute atomic E-state index is 5.48. The van der Waals surface area contributed by atoms with Crippen molar-refractivity contribution in [3.8, 4) is 0 Å². The predicted molar refractivity (Wildman–Crippen MR) is 71.7 cm³/mol. The van der Waals surface area contributed by atoms with E-state index in [1.807, 2.05) is 0 Å². The van der Waals surface area contributed by atoms with E-state index in [-0.39, 0.29) is 0 Å². The summed E-state index contributed by atoms with van der Waals surface area (Å²) < 4.78 is 5.48. The van der Waals surface area contributed by atoms with Gasteiger partial charge in [0.25, 0.3) is 0 Å². The second-order valence-electron chi connectivity index (χ2n) is 5.82. The average molecular weight is 244 g/mol. The highest BCUT2D eigenvalue weighted by atomic mass is 16.5. The molecule has 18 heavy (non-hydrogen) atoms. The molecular weight excluding hydrogens is 224 g/mol. The summed E-state index contributed by atoms with van der Waals surface area (Å²) in [6.45, 7) is 3.93. The standard InChI is InChI=1S/C15H20N2O/c1-4-15(7-12-10-18-9-11(1)12)17-6-5-14(8-17)16-13-2-3-13/h1,4,7,13-14,16H,2-3,5-6,8-10H2. The number of nitrogens with zero attached hydrogens (tertiary/aromatic N) is 1. The van der Waals surface area contributed by atoms with Crippen molar-refractivity contribution < 1.29 is 4.74 Å². The molecule has 0 aromatic heterocycles. The van der Waals surface area contributed by atoms with Gasteiger partial charge in [-0.25, -0.2) is 0 Å². The number of hydrogen-bond donors (Lipinski definition) is 1. The minimum atomic E-state index is 0.696. The fourth-order valence-corrected chi connectivity index (χ4v) is 3.07. The Morgan fingerprint density at radius 2 is 1.94 bits per heavy atom. The van der Waals surface area contributed by atoms with Crippen molar-refractivity contribution in [1.29, 1.82) is 0 Å². The first-order valence-corrected chi connectivity index (χ1v) is 7.09. The molecule has 96 valence electrons. The Labute approximate surface area is 108 Å². The van der Waals surface area contributed by atoms with Crippen molar-refractivity contribution in [3.63, 3.8) is 0 Å². The SMILES string of the molecule is c1cc2c(cc1N1CCC(NC3CC3)C1)COC2. The van der Waals surface area contributed by atoms with Crippen LogP contribution in [0.2, 0.25) is 0 Å². The van der Waals surface area contributed by atoms with E-state index >= 15 is 0 Å². The van der Waals surface area contributed by atoms with Crippen LogP contribution in [0.25, 0.3) is 0 Å². The molecule has 1 saturated heterocycles. The van der Waals surface area contributed by atoms with E-state index in [0.29, 0.717) is 6.04 Å². The molecule has 0 radical (unpaired) electrons. The number of ether oxygens (including phenoxy) is 1. The second-order valence-corrected chi connectivity index (χ2v) is 5.82. The molecular formula is C15H20N2O. The molecule has 3 nitrogen and oxygen atoms in total. The summed E-state index contributed by atoms with van der Waals surface area (Å²) in [7, 11) is 0. The van der Waals surface area contributed by atoms with E-state index in [2.05, 4.69) is 28.4 Å². The molecule has 3 aliphatic rings. The van der Waals surface area contributed by atoms with E-state index in [4.69, 9.17) is 4.74 Å². The fraction of sp³-hybridized carbons (Fsp3) is 0.600. The van der Waals surface area contributed by atoms with Crippen LogP contribution in [0.3, 0.4) is 0 Å². The zero-order chi connectivity index (χ0) is 11.9. The van der Waals surface area contributed by atoms with E-state index in [1.54, 1.807) is 0 Å². The summed E-state index contributed by atoms with van der Waals surface area (Å²) in [4.78, 5) is 2.51. The smallest absolute Gasteiger partial charge is 0.0725 e. The summed E-state index contributed by atoms with van der Waals surface area (Å²) in [6.07, 6.45) is 4.05. The van der Waals surface area contributed by atoms with Gasteiger partial charge in [-0.3, -0.25) is 0 Å². The van der Waals surface area contributed by atoms with Crippen LogP contribution in [-0.4, -0.2) is 25.2 Å². The van der Waals surface area contributed by atoms with E-state index < -0.39 is 0 Å². The van der Waals surface area contributed by atoms with Gasteiger partial charge < -0.3 is 15.0 Å². The van der Waals surface area contributed by atoms with Crippen molar-refractivity contribution in [2.24, 2.45) is 0 Å². The summed E-state index contributed by atoms with van der Waals surface area (Å²) in [5.41, 5.74) is 4.12. The normalized spacial score (nSPS) is 26.7. The lowest BCUT2D eigenvalue weighted by Gasteiger charge is -2.20. The first-order valence-electron chi connectivity index (χ1n) is 7.09. The average Bonchev–Trinajstić information content (AvgIpc) is 2.91. The highest BCUT2D eigenvalue weighted by molar-refractivity contribution is 5.52. The Hall–Kier alpha value is -1.06. The largest absolute Gasteiger partial charge is 0.372 e. The van der Waals surface area contributed by atoms with Crippen molar-refractivity contribution >= 4 is 5.69 Å². The lowest BCUT2D eigenvalue weighted by molar-refractivity contribution is 0.134. The number of nitrogens with one attached hydrogen (secondary N) is 1.